The van der Waals surface area contributed by atoms with E-state index in [-0.39, 0.29) is 17.8 Å². The predicted molar refractivity (Wildman–Crippen MR) is 101 cm³/mol. The van der Waals surface area contributed by atoms with Crippen molar-refractivity contribution in [3.63, 3.8) is 0 Å². The molecule has 2 aliphatic heterocycles. The van der Waals surface area contributed by atoms with Crippen LogP contribution >= 0.6 is 15.9 Å². The van der Waals surface area contributed by atoms with Gasteiger partial charge in [-0.15, -0.1) is 0 Å². The van der Waals surface area contributed by atoms with Crippen LogP contribution in [0, 0.1) is 12.7 Å². The van der Waals surface area contributed by atoms with Crippen molar-refractivity contribution in [3.05, 3.63) is 45.4 Å². The van der Waals surface area contributed by atoms with E-state index >= 15 is 0 Å². The van der Waals surface area contributed by atoms with Gasteiger partial charge in [0, 0.05) is 11.0 Å². The summed E-state index contributed by atoms with van der Waals surface area (Å²) in [6.45, 7) is 4.54. The Bertz CT molecular complexity index is 966. The zero-order chi connectivity index (χ0) is 18.4. The maximum absolute atomic E-state index is 13.3. The molecule has 1 N–H and O–H groups in total. The molecule has 6 nitrogen and oxygen atoms in total. The molecule has 0 radical (unpaired) electrons. The number of amides is 1. The number of carbonyl (C=O) groups excluding carboxylic acids is 1. The van der Waals surface area contributed by atoms with Gasteiger partial charge in [0.25, 0.3) is 5.91 Å². The van der Waals surface area contributed by atoms with Gasteiger partial charge in [0.15, 0.2) is 0 Å². The van der Waals surface area contributed by atoms with Crippen molar-refractivity contribution >= 4 is 45.6 Å². The second-order valence-corrected chi connectivity index (χ2v) is 7.06. The predicted octanol–water partition coefficient (Wildman–Crippen LogP) is 4.26. The van der Waals surface area contributed by atoms with Gasteiger partial charge in [-0.05, 0) is 47.5 Å². The molecule has 0 spiro atoms. The average Bonchev–Trinajstić information content (AvgIpc) is 3.16. The quantitative estimate of drug-likeness (QED) is 0.809. The zero-order valence-corrected chi connectivity index (χ0v) is 15.8. The number of nitrogens with one attached hydrogen (secondary N) is 1. The number of nitrogens with zero attached hydrogens (tertiary/aromatic N) is 3. The summed E-state index contributed by atoms with van der Waals surface area (Å²) in [5, 5.41) is 2.80. The van der Waals surface area contributed by atoms with Gasteiger partial charge in [-0.3, -0.25) is 9.79 Å². The number of hydrogen-bond acceptors (Lipinski definition) is 5. The molecule has 1 atom stereocenters. The average molecular weight is 419 g/mol. The van der Waals surface area contributed by atoms with Crippen LogP contribution in [0.4, 0.5) is 16.0 Å². The summed E-state index contributed by atoms with van der Waals surface area (Å²) in [7, 11) is 0. The Morgan fingerprint density at radius 3 is 3.04 bits per heavy atom. The normalized spacial score (nSPS) is 17.8. The van der Waals surface area contributed by atoms with Gasteiger partial charge in [-0.1, -0.05) is 6.92 Å². The number of hydrogen-bond donors (Lipinski definition) is 1. The van der Waals surface area contributed by atoms with Crippen molar-refractivity contribution in [2.75, 3.05) is 11.9 Å². The molecule has 1 amide bonds. The molecule has 1 aromatic heterocycles. The smallest absolute Gasteiger partial charge is 0.260 e. The van der Waals surface area contributed by atoms with Crippen LogP contribution in [0.2, 0.25) is 0 Å². The molecule has 2 aliphatic rings. The first-order chi connectivity index (χ1) is 12.5. The molecule has 8 heteroatoms. The van der Waals surface area contributed by atoms with Crippen molar-refractivity contribution in [2.24, 2.45) is 9.98 Å². The molecule has 2 aromatic rings. The second kappa shape index (κ2) is 6.35. The number of anilines is 1. The van der Waals surface area contributed by atoms with E-state index in [1.165, 1.54) is 18.2 Å². The highest BCUT2D eigenvalue weighted by Gasteiger charge is 2.36. The van der Waals surface area contributed by atoms with Gasteiger partial charge in [0.2, 0.25) is 5.88 Å². The maximum atomic E-state index is 13.3. The van der Waals surface area contributed by atoms with Gasteiger partial charge in [0.05, 0.1) is 22.9 Å². The number of carbonyl (C=O) groups is 1. The molecule has 3 heterocycles. The van der Waals surface area contributed by atoms with Crippen molar-refractivity contribution in [1.82, 2.24) is 4.90 Å². The van der Waals surface area contributed by atoms with Crippen molar-refractivity contribution in [1.29, 1.82) is 0 Å². The third kappa shape index (κ3) is 2.74. The molecule has 0 aliphatic carbocycles. The molecule has 0 fully saturated rings. The van der Waals surface area contributed by atoms with Gasteiger partial charge in [-0.25, -0.2) is 9.38 Å². The SMILES string of the molecule is CC[C@@H]1CN2C=Nc3oc(C)c(C(=O)Nc4ccc(F)cc4Br)c3C2=N1. The van der Waals surface area contributed by atoms with Crippen molar-refractivity contribution < 1.29 is 13.6 Å². The van der Waals surface area contributed by atoms with E-state index < -0.39 is 0 Å². The van der Waals surface area contributed by atoms with Gasteiger partial charge < -0.3 is 14.6 Å². The van der Waals surface area contributed by atoms with Crippen LogP contribution in [0.1, 0.15) is 35.0 Å². The summed E-state index contributed by atoms with van der Waals surface area (Å²) in [5.41, 5.74) is 1.48. The fraction of sp³-hybridized carbons (Fsp3) is 0.278. The Balaban J connectivity index is 1.73. The van der Waals surface area contributed by atoms with E-state index in [4.69, 9.17) is 9.41 Å². The van der Waals surface area contributed by atoms with Crippen molar-refractivity contribution in [3.8, 4) is 0 Å². The molecule has 134 valence electrons. The van der Waals surface area contributed by atoms with Crippen molar-refractivity contribution in [2.45, 2.75) is 26.3 Å². The van der Waals surface area contributed by atoms with Crippen LogP contribution in [0.25, 0.3) is 0 Å². The summed E-state index contributed by atoms with van der Waals surface area (Å²) in [6.07, 6.45) is 2.60. The Hall–Kier alpha value is -2.48. The minimum Gasteiger partial charge on any atom is -0.442 e. The van der Waals surface area contributed by atoms with Gasteiger partial charge in [0.1, 0.15) is 23.8 Å². The Kier molecular flexibility index (Phi) is 4.14. The third-order valence-electron chi connectivity index (χ3n) is 4.47. The van der Waals surface area contributed by atoms with Crippen LogP contribution in [-0.4, -0.2) is 35.6 Å². The molecule has 1 aromatic carbocycles. The molecule has 26 heavy (non-hydrogen) atoms. The summed E-state index contributed by atoms with van der Waals surface area (Å²) < 4.78 is 19.4. The zero-order valence-electron chi connectivity index (χ0n) is 14.2. The van der Waals surface area contributed by atoms with E-state index in [9.17, 15) is 9.18 Å². The van der Waals surface area contributed by atoms with Gasteiger partial charge >= 0.3 is 0 Å². The number of fused-ring (bicyclic) bond motifs is 3. The second-order valence-electron chi connectivity index (χ2n) is 6.20. The first-order valence-corrected chi connectivity index (χ1v) is 9.06. The van der Waals surface area contributed by atoms with E-state index in [1.807, 2.05) is 4.90 Å². The van der Waals surface area contributed by atoms with E-state index in [2.05, 4.69) is 33.2 Å². The lowest BCUT2D eigenvalue weighted by atomic mass is 10.1. The number of aliphatic imine (C=N–C) groups is 2. The topological polar surface area (TPSA) is 70.2 Å². The standard InChI is InChI=1S/C18H16BrFN4O2/c1-3-11-7-24-8-21-18-15(16(24)22-11)14(9(2)26-18)17(25)23-13-5-4-10(20)6-12(13)19/h4-6,8,11H,3,7H2,1-2H3,(H,23,25)/t11-/m1/s1. The summed E-state index contributed by atoms with van der Waals surface area (Å²) >= 11 is 3.26. The number of halogens is 2. The first kappa shape index (κ1) is 17.0. The first-order valence-electron chi connectivity index (χ1n) is 8.26. The van der Waals surface area contributed by atoms with Gasteiger partial charge in [-0.2, -0.15) is 0 Å². The lowest BCUT2D eigenvalue weighted by molar-refractivity contribution is 0.102. The maximum Gasteiger partial charge on any atom is 0.260 e. The Labute approximate surface area is 157 Å². The number of amidine groups is 1. The number of rotatable bonds is 3. The highest BCUT2D eigenvalue weighted by molar-refractivity contribution is 9.10. The van der Waals surface area contributed by atoms with Crippen LogP contribution in [-0.2, 0) is 0 Å². The highest BCUT2D eigenvalue weighted by Crippen LogP contribution is 2.36. The summed E-state index contributed by atoms with van der Waals surface area (Å²) in [6, 6.07) is 4.26. The molecular weight excluding hydrogens is 403 g/mol. The largest absolute Gasteiger partial charge is 0.442 e. The van der Waals surface area contributed by atoms with E-state index in [1.54, 1.807) is 13.3 Å². The molecule has 0 saturated heterocycles. The molecule has 4 rings (SSSR count). The minimum absolute atomic E-state index is 0.166. The number of aryl methyl sites for hydroxylation is 1. The lowest BCUT2D eigenvalue weighted by Crippen LogP contribution is -2.31. The fourth-order valence-electron chi connectivity index (χ4n) is 3.13. The molecule has 0 bridgehead atoms. The highest BCUT2D eigenvalue weighted by atomic mass is 79.9. The van der Waals surface area contributed by atoms with Crippen LogP contribution in [0.15, 0.2) is 37.1 Å². The molecule has 0 unspecified atom stereocenters. The summed E-state index contributed by atoms with van der Waals surface area (Å²) in [5.74, 6) is 0.828. The molecule has 0 saturated carbocycles. The van der Waals surface area contributed by atoms with E-state index in [0.717, 1.165) is 13.0 Å². The Morgan fingerprint density at radius 1 is 1.50 bits per heavy atom. The number of furan rings is 1. The lowest BCUT2D eigenvalue weighted by Gasteiger charge is -2.18. The van der Waals surface area contributed by atoms with E-state index in [0.29, 0.717) is 38.8 Å². The van der Waals surface area contributed by atoms with Crippen LogP contribution in [0.5, 0.6) is 0 Å². The summed E-state index contributed by atoms with van der Waals surface area (Å²) in [4.78, 5) is 23.9. The minimum atomic E-state index is -0.386. The molecular formula is C18H16BrFN4O2. The van der Waals surface area contributed by atoms with Crippen LogP contribution < -0.4 is 5.32 Å². The Morgan fingerprint density at radius 2 is 2.31 bits per heavy atom. The van der Waals surface area contributed by atoms with Crippen LogP contribution in [0.3, 0.4) is 0 Å². The third-order valence-corrected chi connectivity index (χ3v) is 5.12. The fourth-order valence-corrected chi connectivity index (χ4v) is 3.58. The number of benzene rings is 1. The monoisotopic (exact) mass is 418 g/mol.